The molecule has 0 amide bonds. The van der Waals surface area contributed by atoms with Crippen LogP contribution in [0.25, 0.3) is 0 Å². The van der Waals surface area contributed by atoms with Crippen molar-refractivity contribution >= 4 is 0 Å². The molecule has 1 aromatic heterocycles. The Bertz CT molecular complexity index is 477. The molecule has 1 aromatic rings. The number of fused-ring (bicyclic) bond motifs is 1. The Morgan fingerprint density at radius 2 is 2.33 bits per heavy atom. The van der Waals surface area contributed by atoms with Crippen molar-refractivity contribution in [3.05, 3.63) is 17.0 Å². The lowest BCUT2D eigenvalue weighted by molar-refractivity contribution is 0.102. The Hall–Kier alpha value is -0.950. The quantitative estimate of drug-likeness (QED) is 0.804. The Labute approximate surface area is 126 Å². The van der Waals surface area contributed by atoms with Gasteiger partial charge in [0.1, 0.15) is 11.5 Å². The van der Waals surface area contributed by atoms with Gasteiger partial charge in [0, 0.05) is 44.8 Å². The Morgan fingerprint density at radius 1 is 1.48 bits per heavy atom. The SMILES string of the molecule is CO[C@H]1C[C@@H](CN(C)Cc2noc3c2COCC3)N(C)C1. The zero-order valence-corrected chi connectivity index (χ0v) is 13.2. The van der Waals surface area contributed by atoms with Crippen LogP contribution in [0.3, 0.4) is 0 Å². The van der Waals surface area contributed by atoms with Crippen molar-refractivity contribution in [1.82, 2.24) is 15.0 Å². The predicted molar refractivity (Wildman–Crippen MR) is 78.0 cm³/mol. The number of hydrogen-bond acceptors (Lipinski definition) is 6. The lowest BCUT2D eigenvalue weighted by Crippen LogP contribution is -2.36. The van der Waals surface area contributed by atoms with Gasteiger partial charge in [-0.15, -0.1) is 0 Å². The number of likely N-dealkylation sites (N-methyl/N-ethyl adjacent to an activating group) is 2. The zero-order chi connectivity index (χ0) is 14.8. The monoisotopic (exact) mass is 295 g/mol. The maximum absolute atomic E-state index is 5.51. The van der Waals surface area contributed by atoms with Crippen LogP contribution in [-0.4, -0.2) is 68.0 Å². The number of hydrogen-bond donors (Lipinski definition) is 0. The van der Waals surface area contributed by atoms with Gasteiger partial charge in [-0.25, -0.2) is 0 Å². The van der Waals surface area contributed by atoms with Crippen LogP contribution in [0.2, 0.25) is 0 Å². The van der Waals surface area contributed by atoms with Crippen molar-refractivity contribution in [2.75, 3.05) is 40.9 Å². The number of methoxy groups -OCH3 is 1. The molecule has 6 nitrogen and oxygen atoms in total. The summed E-state index contributed by atoms with van der Waals surface area (Å²) >= 11 is 0. The van der Waals surface area contributed by atoms with Gasteiger partial charge in [0.05, 0.1) is 19.3 Å². The second kappa shape index (κ2) is 6.44. The maximum atomic E-state index is 5.51. The van der Waals surface area contributed by atoms with E-state index in [9.17, 15) is 0 Å². The summed E-state index contributed by atoms with van der Waals surface area (Å²) in [7, 11) is 6.11. The minimum atomic E-state index is 0.363. The van der Waals surface area contributed by atoms with E-state index < -0.39 is 0 Å². The molecule has 0 saturated carbocycles. The highest BCUT2D eigenvalue weighted by atomic mass is 16.5. The molecule has 6 heteroatoms. The molecule has 118 valence electrons. The summed E-state index contributed by atoms with van der Waals surface area (Å²) in [5, 5.41) is 4.23. The summed E-state index contributed by atoms with van der Waals surface area (Å²) < 4.78 is 16.4. The van der Waals surface area contributed by atoms with Crippen LogP contribution in [0.5, 0.6) is 0 Å². The maximum Gasteiger partial charge on any atom is 0.144 e. The molecule has 0 unspecified atom stereocenters. The molecule has 21 heavy (non-hydrogen) atoms. The number of aromatic nitrogens is 1. The third kappa shape index (κ3) is 3.29. The third-order valence-electron chi connectivity index (χ3n) is 4.60. The molecule has 2 aliphatic rings. The predicted octanol–water partition coefficient (Wildman–Crippen LogP) is 0.898. The van der Waals surface area contributed by atoms with E-state index in [2.05, 4.69) is 29.1 Å². The number of rotatable bonds is 5. The van der Waals surface area contributed by atoms with Crippen molar-refractivity contribution in [3.8, 4) is 0 Å². The summed E-state index contributed by atoms with van der Waals surface area (Å²) in [4.78, 5) is 4.69. The van der Waals surface area contributed by atoms with Gasteiger partial charge >= 0.3 is 0 Å². The van der Waals surface area contributed by atoms with E-state index in [1.807, 2.05) is 0 Å². The molecule has 0 aromatic carbocycles. The lowest BCUT2D eigenvalue weighted by atomic mass is 10.1. The minimum absolute atomic E-state index is 0.363. The van der Waals surface area contributed by atoms with Crippen molar-refractivity contribution < 1.29 is 14.0 Å². The molecule has 0 aliphatic carbocycles. The first-order valence-corrected chi connectivity index (χ1v) is 7.63. The van der Waals surface area contributed by atoms with E-state index in [-0.39, 0.29) is 0 Å². The number of nitrogens with zero attached hydrogens (tertiary/aromatic N) is 3. The normalized spacial score (nSPS) is 26.5. The van der Waals surface area contributed by atoms with Gasteiger partial charge in [-0.05, 0) is 20.5 Å². The fraction of sp³-hybridized carbons (Fsp3) is 0.800. The molecular weight excluding hydrogens is 270 g/mol. The van der Waals surface area contributed by atoms with Crippen LogP contribution in [-0.2, 0) is 29.0 Å². The van der Waals surface area contributed by atoms with Crippen LogP contribution in [0.4, 0.5) is 0 Å². The third-order valence-corrected chi connectivity index (χ3v) is 4.60. The molecule has 0 N–H and O–H groups in total. The number of ether oxygens (including phenoxy) is 2. The summed E-state index contributed by atoms with van der Waals surface area (Å²) in [6.45, 7) is 4.21. The highest BCUT2D eigenvalue weighted by molar-refractivity contribution is 5.23. The molecule has 1 fully saturated rings. The van der Waals surface area contributed by atoms with E-state index >= 15 is 0 Å². The molecule has 2 atom stereocenters. The van der Waals surface area contributed by atoms with Crippen LogP contribution >= 0.6 is 0 Å². The Morgan fingerprint density at radius 3 is 3.10 bits per heavy atom. The molecule has 0 radical (unpaired) electrons. The van der Waals surface area contributed by atoms with Gasteiger partial charge in [-0.1, -0.05) is 5.16 Å². The average Bonchev–Trinajstić information content (AvgIpc) is 3.04. The second-order valence-corrected chi connectivity index (χ2v) is 6.22. The van der Waals surface area contributed by atoms with Gasteiger partial charge in [-0.2, -0.15) is 0 Å². The van der Waals surface area contributed by atoms with E-state index in [1.165, 1.54) is 0 Å². The van der Waals surface area contributed by atoms with Gasteiger partial charge in [0.2, 0.25) is 0 Å². The first kappa shape index (κ1) is 15.0. The molecule has 0 spiro atoms. The largest absolute Gasteiger partial charge is 0.380 e. The number of likely N-dealkylation sites (tertiary alicyclic amines) is 1. The van der Waals surface area contributed by atoms with Crippen LogP contribution in [0.15, 0.2) is 4.52 Å². The zero-order valence-electron chi connectivity index (χ0n) is 13.2. The summed E-state index contributed by atoms with van der Waals surface area (Å²) in [6.07, 6.45) is 2.30. The molecular formula is C15H25N3O3. The first-order chi connectivity index (χ1) is 10.2. The van der Waals surface area contributed by atoms with Crippen LogP contribution in [0.1, 0.15) is 23.4 Å². The molecule has 1 saturated heterocycles. The van der Waals surface area contributed by atoms with E-state index in [0.717, 1.165) is 56.1 Å². The van der Waals surface area contributed by atoms with E-state index in [4.69, 9.17) is 14.0 Å². The molecule has 3 heterocycles. The average molecular weight is 295 g/mol. The second-order valence-electron chi connectivity index (χ2n) is 6.22. The van der Waals surface area contributed by atoms with Crippen molar-refractivity contribution in [1.29, 1.82) is 0 Å². The lowest BCUT2D eigenvalue weighted by Gasteiger charge is -2.25. The standard InChI is InChI=1S/C15H25N3O3/c1-17(7-11-6-12(19-3)8-18(11)2)9-14-13-10-20-5-4-15(13)21-16-14/h11-12H,4-10H2,1-3H3/t11-,12-/m0/s1. The smallest absolute Gasteiger partial charge is 0.144 e. The van der Waals surface area contributed by atoms with E-state index in [0.29, 0.717) is 18.8 Å². The van der Waals surface area contributed by atoms with E-state index in [1.54, 1.807) is 7.11 Å². The van der Waals surface area contributed by atoms with Gasteiger partial charge < -0.3 is 14.0 Å². The van der Waals surface area contributed by atoms with Gasteiger partial charge in [-0.3, -0.25) is 9.80 Å². The van der Waals surface area contributed by atoms with Crippen molar-refractivity contribution in [2.45, 2.75) is 38.1 Å². The highest BCUT2D eigenvalue weighted by Crippen LogP contribution is 2.23. The van der Waals surface area contributed by atoms with Crippen LogP contribution < -0.4 is 0 Å². The van der Waals surface area contributed by atoms with Crippen molar-refractivity contribution in [2.24, 2.45) is 0 Å². The van der Waals surface area contributed by atoms with Crippen molar-refractivity contribution in [3.63, 3.8) is 0 Å². The Kier molecular flexibility index (Phi) is 4.59. The summed E-state index contributed by atoms with van der Waals surface area (Å²) in [5.41, 5.74) is 2.18. The van der Waals surface area contributed by atoms with Gasteiger partial charge in [0.15, 0.2) is 0 Å². The minimum Gasteiger partial charge on any atom is -0.380 e. The fourth-order valence-corrected chi connectivity index (χ4v) is 3.30. The fourth-order valence-electron chi connectivity index (χ4n) is 3.30. The summed E-state index contributed by atoms with van der Waals surface area (Å²) in [6, 6.07) is 0.541. The Balaban J connectivity index is 1.57. The van der Waals surface area contributed by atoms with Crippen LogP contribution in [0, 0.1) is 0 Å². The van der Waals surface area contributed by atoms with Gasteiger partial charge in [0.25, 0.3) is 0 Å². The molecule has 2 aliphatic heterocycles. The topological polar surface area (TPSA) is 51.0 Å². The summed E-state index contributed by atoms with van der Waals surface area (Å²) in [5.74, 6) is 1.00. The molecule has 0 bridgehead atoms. The molecule has 3 rings (SSSR count). The first-order valence-electron chi connectivity index (χ1n) is 7.63. The highest BCUT2D eigenvalue weighted by Gasteiger charge is 2.30.